The number of unbranched alkanes of at least 4 members (excludes halogenated alkanes) is 1. The largest absolute Gasteiger partial charge is 0.454 e. The number of anilines is 1. The van der Waals surface area contributed by atoms with Gasteiger partial charge in [-0.1, -0.05) is 31.5 Å². The molecule has 4 rings (SSSR count). The van der Waals surface area contributed by atoms with Crippen LogP contribution in [0.3, 0.4) is 0 Å². The second kappa shape index (κ2) is 12.2. The minimum absolute atomic E-state index is 0.146. The number of hydrogen-bond acceptors (Lipinski definition) is 6. The van der Waals surface area contributed by atoms with E-state index in [-0.39, 0.29) is 11.5 Å². The summed E-state index contributed by atoms with van der Waals surface area (Å²) in [7, 11) is -3.77. The third-order valence-electron chi connectivity index (χ3n) is 6.93. The third kappa shape index (κ3) is 6.36. The summed E-state index contributed by atoms with van der Waals surface area (Å²) >= 11 is 0. The van der Waals surface area contributed by atoms with Gasteiger partial charge in [0.15, 0.2) is 5.75 Å². The van der Waals surface area contributed by atoms with E-state index in [1.807, 2.05) is 36.4 Å². The topological polar surface area (TPSA) is 73.3 Å². The zero-order valence-electron chi connectivity index (χ0n) is 20.9. The Morgan fingerprint density at radius 2 is 1.66 bits per heavy atom. The van der Waals surface area contributed by atoms with Crippen LogP contribution in [0.4, 0.5) is 5.69 Å². The van der Waals surface area contributed by atoms with Gasteiger partial charge in [-0.05, 0) is 75.0 Å². The molecular weight excluding hydrogens is 462 g/mol. The van der Waals surface area contributed by atoms with E-state index in [4.69, 9.17) is 4.74 Å². The van der Waals surface area contributed by atoms with Gasteiger partial charge in [-0.25, -0.2) is 8.42 Å². The molecule has 0 radical (unpaired) electrons. The second-order valence-corrected chi connectivity index (χ2v) is 11.4. The first kappa shape index (κ1) is 25.9. The van der Waals surface area contributed by atoms with Gasteiger partial charge in [0.25, 0.3) is 0 Å². The molecule has 0 amide bonds. The van der Waals surface area contributed by atoms with Crippen molar-refractivity contribution < 1.29 is 18.3 Å². The molecule has 0 unspecified atom stereocenters. The highest BCUT2D eigenvalue weighted by Gasteiger charge is 2.33. The summed E-state index contributed by atoms with van der Waals surface area (Å²) in [6, 6.07) is 12.9. The molecular formula is C27H39N3O4S. The fourth-order valence-electron chi connectivity index (χ4n) is 4.91. The summed E-state index contributed by atoms with van der Waals surface area (Å²) < 4.78 is 35.5. The molecule has 192 valence electrons. The monoisotopic (exact) mass is 501 g/mol. The molecule has 1 N–H and O–H groups in total. The van der Waals surface area contributed by atoms with E-state index >= 15 is 0 Å². The summed E-state index contributed by atoms with van der Waals surface area (Å²) in [6.45, 7) is 7.69. The van der Waals surface area contributed by atoms with Crippen molar-refractivity contribution in [1.82, 2.24) is 9.21 Å². The maximum absolute atomic E-state index is 13.8. The number of ether oxygens (including phenoxy) is 1. The number of nitrogens with zero attached hydrogens (tertiary/aromatic N) is 3. The Morgan fingerprint density at radius 3 is 2.31 bits per heavy atom. The van der Waals surface area contributed by atoms with Gasteiger partial charge in [0.05, 0.1) is 12.3 Å². The van der Waals surface area contributed by atoms with Crippen molar-refractivity contribution in [1.29, 1.82) is 0 Å². The highest BCUT2D eigenvalue weighted by atomic mass is 32.2. The van der Waals surface area contributed by atoms with Crippen molar-refractivity contribution in [2.45, 2.75) is 57.0 Å². The van der Waals surface area contributed by atoms with Crippen LogP contribution in [0, 0.1) is 0 Å². The van der Waals surface area contributed by atoms with Gasteiger partial charge in [0.1, 0.15) is 10.6 Å². The lowest BCUT2D eigenvalue weighted by Crippen LogP contribution is -2.35. The summed E-state index contributed by atoms with van der Waals surface area (Å²) in [5.41, 5.74) is 1.33. The van der Waals surface area contributed by atoms with Crippen LogP contribution in [0.25, 0.3) is 0 Å². The molecule has 2 fully saturated rings. The molecule has 2 heterocycles. The molecule has 2 saturated heterocycles. The molecule has 0 bridgehead atoms. The summed E-state index contributed by atoms with van der Waals surface area (Å²) in [6.07, 6.45) is 6.21. The van der Waals surface area contributed by atoms with Crippen LogP contribution < -0.4 is 9.64 Å². The molecule has 0 saturated carbocycles. The van der Waals surface area contributed by atoms with Crippen LogP contribution in [-0.4, -0.2) is 68.5 Å². The van der Waals surface area contributed by atoms with Gasteiger partial charge in [-0.3, -0.25) is 0 Å². The van der Waals surface area contributed by atoms with E-state index in [9.17, 15) is 13.5 Å². The molecule has 0 atom stereocenters. The molecule has 7 nitrogen and oxygen atoms in total. The maximum Gasteiger partial charge on any atom is 0.246 e. The lowest BCUT2D eigenvalue weighted by Gasteiger charge is -2.31. The van der Waals surface area contributed by atoms with E-state index in [1.54, 1.807) is 10.4 Å². The number of likely N-dealkylation sites (tertiary alicyclic amines) is 1. The minimum atomic E-state index is -3.77. The van der Waals surface area contributed by atoms with Crippen molar-refractivity contribution in [2.24, 2.45) is 0 Å². The van der Waals surface area contributed by atoms with Crippen LogP contribution in [0.1, 0.15) is 51.0 Å². The quantitative estimate of drug-likeness (QED) is 0.463. The van der Waals surface area contributed by atoms with E-state index in [0.29, 0.717) is 30.2 Å². The Morgan fingerprint density at radius 1 is 0.971 bits per heavy atom. The SMILES string of the molecule is CCCCN(CCN1CCCC1)c1cc(CO)cc(S(=O)(=O)N2CCCC2)c1Oc1ccccc1. The Balaban J connectivity index is 1.80. The van der Waals surface area contributed by atoms with Gasteiger partial charge in [0.2, 0.25) is 10.0 Å². The number of rotatable bonds is 12. The van der Waals surface area contributed by atoms with E-state index < -0.39 is 10.0 Å². The van der Waals surface area contributed by atoms with E-state index in [1.165, 1.54) is 12.8 Å². The van der Waals surface area contributed by atoms with Crippen LogP contribution >= 0.6 is 0 Å². The fourth-order valence-corrected chi connectivity index (χ4v) is 6.61. The lowest BCUT2D eigenvalue weighted by atomic mass is 10.1. The van der Waals surface area contributed by atoms with Gasteiger partial charge in [-0.15, -0.1) is 0 Å². The number of aliphatic hydroxyl groups is 1. The summed E-state index contributed by atoms with van der Waals surface area (Å²) in [5.74, 6) is 0.955. The zero-order chi connectivity index (χ0) is 24.7. The normalized spacial score (nSPS) is 17.2. The average Bonchev–Trinajstić information content (AvgIpc) is 3.60. The minimum Gasteiger partial charge on any atom is -0.454 e. The Hall–Kier alpha value is -2.13. The van der Waals surface area contributed by atoms with Crippen molar-refractivity contribution in [3.63, 3.8) is 0 Å². The zero-order valence-corrected chi connectivity index (χ0v) is 21.7. The highest BCUT2D eigenvalue weighted by Crippen LogP contribution is 2.41. The second-order valence-electron chi connectivity index (χ2n) is 9.52. The first-order valence-corrected chi connectivity index (χ1v) is 14.4. The summed E-state index contributed by atoms with van der Waals surface area (Å²) in [4.78, 5) is 4.86. The van der Waals surface area contributed by atoms with Gasteiger partial charge < -0.3 is 19.6 Å². The smallest absolute Gasteiger partial charge is 0.246 e. The van der Waals surface area contributed by atoms with Crippen LogP contribution in [-0.2, 0) is 16.6 Å². The molecule has 2 aliphatic heterocycles. The highest BCUT2D eigenvalue weighted by molar-refractivity contribution is 7.89. The maximum atomic E-state index is 13.8. The number of sulfonamides is 1. The first-order valence-electron chi connectivity index (χ1n) is 13.0. The Kier molecular flexibility index (Phi) is 9.05. The molecule has 35 heavy (non-hydrogen) atoms. The number of benzene rings is 2. The lowest BCUT2D eigenvalue weighted by molar-refractivity contribution is 0.281. The van der Waals surface area contributed by atoms with Crippen molar-refractivity contribution in [3.05, 3.63) is 48.0 Å². The third-order valence-corrected chi connectivity index (χ3v) is 8.83. The average molecular weight is 502 g/mol. The van der Waals surface area contributed by atoms with Gasteiger partial charge >= 0.3 is 0 Å². The van der Waals surface area contributed by atoms with Crippen molar-refractivity contribution >= 4 is 15.7 Å². The molecule has 0 spiro atoms. The number of hydrogen-bond donors (Lipinski definition) is 1. The fraction of sp³-hybridized carbons (Fsp3) is 0.556. The molecule has 0 aliphatic carbocycles. The van der Waals surface area contributed by atoms with Crippen LogP contribution in [0.2, 0.25) is 0 Å². The first-order chi connectivity index (χ1) is 17.0. The van der Waals surface area contributed by atoms with E-state index in [2.05, 4.69) is 16.7 Å². The molecule has 2 aromatic carbocycles. The van der Waals surface area contributed by atoms with Crippen molar-refractivity contribution in [3.8, 4) is 11.5 Å². The van der Waals surface area contributed by atoms with Crippen molar-refractivity contribution in [2.75, 3.05) is 50.7 Å². The summed E-state index contributed by atoms with van der Waals surface area (Å²) in [5, 5.41) is 10.1. The Bertz CT molecular complexity index is 1050. The van der Waals surface area contributed by atoms with Gasteiger partial charge in [0, 0.05) is 32.7 Å². The van der Waals surface area contributed by atoms with E-state index in [0.717, 1.165) is 64.1 Å². The van der Waals surface area contributed by atoms with Crippen LogP contribution in [0.15, 0.2) is 47.4 Å². The number of aliphatic hydroxyl groups excluding tert-OH is 1. The molecule has 2 aliphatic rings. The number of para-hydroxylation sites is 1. The predicted molar refractivity (Wildman–Crippen MR) is 140 cm³/mol. The van der Waals surface area contributed by atoms with Crippen LogP contribution in [0.5, 0.6) is 11.5 Å². The van der Waals surface area contributed by atoms with Gasteiger partial charge in [-0.2, -0.15) is 4.31 Å². The molecule has 2 aromatic rings. The standard InChI is InChI=1S/C27H39N3O4S/c1-2-3-15-29(19-18-28-13-7-8-14-28)25-20-23(22-31)21-26(35(32,33)30-16-9-10-17-30)27(25)34-24-11-5-4-6-12-24/h4-6,11-12,20-21,31H,2-3,7-10,13-19,22H2,1H3. The molecule has 8 heteroatoms. The Labute approximate surface area is 210 Å². The molecule has 0 aromatic heterocycles. The predicted octanol–water partition coefficient (Wildman–Crippen LogP) is 4.46.